The van der Waals surface area contributed by atoms with Gasteiger partial charge < -0.3 is 46.7 Å². The lowest BCUT2D eigenvalue weighted by Gasteiger charge is -2.40. The number of nitrogens with two attached hydrogens (primary N) is 2. The van der Waals surface area contributed by atoms with E-state index in [9.17, 15) is 24.6 Å². The molecule has 13 heteroatoms. The van der Waals surface area contributed by atoms with Crippen molar-refractivity contribution in [2.45, 2.75) is 31.3 Å². The van der Waals surface area contributed by atoms with E-state index in [1.807, 2.05) is 0 Å². The molecule has 12 nitrogen and oxygen atoms in total. The Labute approximate surface area is 167 Å². The number of ether oxygens (including phenoxy) is 1. The number of carboxylic acids is 1. The summed E-state index contributed by atoms with van der Waals surface area (Å²) in [5.41, 5.74) is 10.3. The number of hydrogen-bond donors (Lipinski definition) is 7. The van der Waals surface area contributed by atoms with Crippen LogP contribution in [-0.2, 0) is 14.3 Å². The van der Waals surface area contributed by atoms with Gasteiger partial charge in [-0.05, 0) is 18.8 Å². The van der Waals surface area contributed by atoms with Crippen LogP contribution in [0.15, 0.2) is 23.5 Å². The number of unbranched alkanes of at least 4 members (excludes halogenated alkanes) is 1. The maximum Gasteiger partial charge on any atom is 0.451 e. The Morgan fingerprint density at radius 2 is 1.97 bits per heavy atom. The molecule has 1 fully saturated rings. The highest BCUT2D eigenvalue weighted by Crippen LogP contribution is 2.20. The summed E-state index contributed by atoms with van der Waals surface area (Å²) in [6.45, 7) is -0.533. The van der Waals surface area contributed by atoms with Crippen molar-refractivity contribution in [3.8, 4) is 0 Å². The Bertz CT molecular complexity index is 649. The monoisotopic (exact) mass is 414 g/mol. The minimum Gasteiger partial charge on any atom is -0.486 e. The van der Waals surface area contributed by atoms with Crippen molar-refractivity contribution in [2.24, 2.45) is 11.5 Å². The van der Waals surface area contributed by atoms with Gasteiger partial charge in [0.25, 0.3) is 0 Å². The molecule has 0 unspecified atom stereocenters. The summed E-state index contributed by atoms with van der Waals surface area (Å²) < 4.78 is 5.62. The Morgan fingerprint density at radius 1 is 1.31 bits per heavy atom. The summed E-state index contributed by atoms with van der Waals surface area (Å²) >= 11 is 0. The van der Waals surface area contributed by atoms with Gasteiger partial charge in [-0.2, -0.15) is 0 Å². The highest BCUT2D eigenvalue weighted by Gasteiger charge is 2.35. The molecular weight excluding hydrogens is 387 g/mol. The molecule has 9 N–H and O–H groups in total. The van der Waals surface area contributed by atoms with Crippen molar-refractivity contribution in [1.82, 2.24) is 10.2 Å². The number of amides is 3. The first-order valence-electron chi connectivity index (χ1n) is 9.00. The van der Waals surface area contributed by atoms with Gasteiger partial charge in [0, 0.05) is 6.54 Å². The number of primary amides is 1. The van der Waals surface area contributed by atoms with Crippen LogP contribution in [0.5, 0.6) is 0 Å². The van der Waals surface area contributed by atoms with Gasteiger partial charge in [0.15, 0.2) is 0 Å². The minimum atomic E-state index is -1.41. The molecule has 1 aliphatic heterocycles. The number of nitrogens with zero attached hydrogens (tertiary/aromatic N) is 1. The molecule has 0 bridgehead atoms. The maximum absolute atomic E-state index is 12.1. The first kappa shape index (κ1) is 24.4. The van der Waals surface area contributed by atoms with Crippen molar-refractivity contribution in [3.63, 3.8) is 0 Å². The summed E-state index contributed by atoms with van der Waals surface area (Å²) in [6, 6.07) is -1.76. The predicted molar refractivity (Wildman–Crippen MR) is 102 cm³/mol. The molecule has 0 spiro atoms. The fourth-order valence-corrected chi connectivity index (χ4v) is 2.48. The van der Waals surface area contributed by atoms with E-state index >= 15 is 0 Å². The second-order valence-corrected chi connectivity index (χ2v) is 6.45. The van der Waals surface area contributed by atoms with E-state index in [2.05, 4.69) is 5.32 Å². The van der Waals surface area contributed by atoms with Crippen molar-refractivity contribution in [1.29, 1.82) is 0 Å². The third-order valence-corrected chi connectivity index (χ3v) is 4.08. The van der Waals surface area contributed by atoms with Crippen LogP contribution in [0.25, 0.3) is 0 Å². The quantitative estimate of drug-likeness (QED) is 0.0584. The maximum atomic E-state index is 12.1. The zero-order valence-corrected chi connectivity index (χ0v) is 15.9. The van der Waals surface area contributed by atoms with Crippen molar-refractivity contribution in [2.75, 3.05) is 26.2 Å². The lowest BCUT2D eigenvalue weighted by Crippen LogP contribution is -2.60. The molecule has 1 rings (SSSR count). The Hall–Kier alpha value is -2.61. The van der Waals surface area contributed by atoms with Gasteiger partial charge in [-0.1, -0.05) is 12.5 Å². The first-order chi connectivity index (χ1) is 13.6. The second kappa shape index (κ2) is 12.1. The Kier molecular flexibility index (Phi) is 10.2. The summed E-state index contributed by atoms with van der Waals surface area (Å²) in [7, 11) is -1.41. The van der Waals surface area contributed by atoms with Gasteiger partial charge in [0.2, 0.25) is 5.91 Å². The average Bonchev–Trinajstić information content (AvgIpc) is 2.60. The van der Waals surface area contributed by atoms with E-state index in [0.717, 1.165) is 0 Å². The van der Waals surface area contributed by atoms with Crippen LogP contribution in [0.2, 0.25) is 6.32 Å². The number of carbonyl (C=O) groups is 3. The van der Waals surface area contributed by atoms with Crippen LogP contribution in [0.3, 0.4) is 0 Å². The molecule has 0 aromatic rings. The van der Waals surface area contributed by atoms with Crippen molar-refractivity contribution < 1.29 is 39.4 Å². The number of hydrogen-bond acceptors (Lipinski definition) is 8. The largest absolute Gasteiger partial charge is 0.486 e. The molecule has 1 atom stereocenters. The van der Waals surface area contributed by atoms with Crippen LogP contribution in [0, 0.1) is 0 Å². The number of aliphatic hydroxyl groups is 1. The van der Waals surface area contributed by atoms with Crippen LogP contribution >= 0.6 is 0 Å². The molecule has 0 aromatic heterocycles. The number of aliphatic carboxylic acids is 1. The van der Waals surface area contributed by atoms with E-state index in [-0.39, 0.29) is 37.3 Å². The lowest BCUT2D eigenvalue weighted by molar-refractivity contribution is -0.144. The molecule has 162 valence electrons. The Morgan fingerprint density at radius 3 is 2.48 bits per heavy atom. The minimum absolute atomic E-state index is 0.0404. The number of carboxylic acid groups (broad SMARTS) is 1. The molecule has 0 aliphatic carbocycles. The summed E-state index contributed by atoms with van der Waals surface area (Å²) in [5.74, 6) is -1.80. The van der Waals surface area contributed by atoms with Gasteiger partial charge in [-0.3, -0.25) is 4.79 Å². The zero-order valence-electron chi connectivity index (χ0n) is 15.9. The smallest absolute Gasteiger partial charge is 0.451 e. The number of aliphatic hydroxyl groups excluding tert-OH is 1. The molecular formula is C16H27BN4O8. The van der Waals surface area contributed by atoms with Crippen LogP contribution in [-0.4, -0.2) is 88.6 Å². The number of urea groups is 1. The molecule has 1 saturated heterocycles. The molecule has 29 heavy (non-hydrogen) atoms. The second-order valence-electron chi connectivity index (χ2n) is 6.45. The molecule has 3 amide bonds. The molecule has 0 saturated carbocycles. The number of allylic oxidation sites excluding steroid dienone is 2. The van der Waals surface area contributed by atoms with E-state index in [1.54, 1.807) is 6.08 Å². The van der Waals surface area contributed by atoms with Crippen LogP contribution < -0.4 is 16.8 Å². The zero-order chi connectivity index (χ0) is 22.0. The van der Waals surface area contributed by atoms with Gasteiger partial charge in [-0.25, -0.2) is 9.59 Å². The highest BCUT2D eigenvalue weighted by atomic mass is 16.5. The summed E-state index contributed by atoms with van der Waals surface area (Å²) in [4.78, 5) is 35.5. The first-order valence-corrected chi connectivity index (χ1v) is 9.00. The standard InChI is InChI=1S/C16H27BN4O8/c18-12(6-20-16(19)26)14(23)21-7-10(8-21)29-13(11(9-22)15(24)25)4-2-1-3-5-17(27)28/h2,4,10,12,22,27-28H,1,3,5-9,18H2,(H,24,25)(H3,19,20,26)/b4-2-,13-11-/t12-/m1/s1. The lowest BCUT2D eigenvalue weighted by atomic mass is 9.84. The molecule has 0 radical (unpaired) electrons. The van der Waals surface area contributed by atoms with Gasteiger partial charge >= 0.3 is 19.1 Å². The normalized spacial score (nSPS) is 16.1. The van der Waals surface area contributed by atoms with Crippen LogP contribution in [0.1, 0.15) is 12.8 Å². The third-order valence-electron chi connectivity index (χ3n) is 4.08. The van der Waals surface area contributed by atoms with Crippen molar-refractivity contribution >= 4 is 25.0 Å². The van der Waals surface area contributed by atoms with Gasteiger partial charge in [0.1, 0.15) is 23.5 Å². The number of likely N-dealkylation sites (tertiary alicyclic amines) is 1. The highest BCUT2D eigenvalue weighted by molar-refractivity contribution is 6.40. The average molecular weight is 414 g/mol. The molecule has 1 heterocycles. The van der Waals surface area contributed by atoms with Crippen molar-refractivity contribution in [3.05, 3.63) is 23.5 Å². The molecule has 0 aromatic carbocycles. The Balaban J connectivity index is 2.63. The fraction of sp³-hybridized carbons (Fsp3) is 0.562. The summed E-state index contributed by atoms with van der Waals surface area (Å²) in [6.07, 6.45) is 3.58. The van der Waals surface area contributed by atoms with Gasteiger partial charge in [0.05, 0.1) is 19.7 Å². The van der Waals surface area contributed by atoms with E-state index in [4.69, 9.17) is 26.3 Å². The number of nitrogens with one attached hydrogen (secondary N) is 1. The van der Waals surface area contributed by atoms with E-state index in [0.29, 0.717) is 12.8 Å². The number of rotatable bonds is 12. The fourth-order valence-electron chi connectivity index (χ4n) is 2.48. The van der Waals surface area contributed by atoms with E-state index < -0.39 is 43.8 Å². The van der Waals surface area contributed by atoms with E-state index in [1.165, 1.54) is 11.0 Å². The molecule has 1 aliphatic rings. The summed E-state index contributed by atoms with van der Waals surface area (Å²) in [5, 5.41) is 38.4. The topological polar surface area (TPSA) is 209 Å². The predicted octanol–water partition coefficient (Wildman–Crippen LogP) is -2.65. The van der Waals surface area contributed by atoms with Crippen LogP contribution in [0.4, 0.5) is 4.79 Å². The SMILES string of the molecule is NC(=O)NC[C@@H](N)C(=O)N1CC(OC(/C=C\CCCB(O)O)=C(/CO)C(=O)O)C1. The third kappa shape index (κ3) is 8.52. The number of carbonyl (C=O) groups excluding carboxylic acids is 2. The van der Waals surface area contributed by atoms with Gasteiger partial charge in [-0.15, -0.1) is 0 Å².